The zero-order valence-electron chi connectivity index (χ0n) is 21.4. The van der Waals surface area contributed by atoms with E-state index in [2.05, 4.69) is 46.6 Å². The lowest BCUT2D eigenvalue weighted by molar-refractivity contribution is -0.138. The van der Waals surface area contributed by atoms with Gasteiger partial charge >= 0.3 is 0 Å². The van der Waals surface area contributed by atoms with E-state index in [1.165, 1.54) is 21.9 Å². The Bertz CT molecular complexity index is 1280. The summed E-state index contributed by atoms with van der Waals surface area (Å²) in [6, 6.07) is 17.1. The van der Waals surface area contributed by atoms with Crippen molar-refractivity contribution in [2.75, 3.05) is 26.8 Å². The number of aromatic nitrogens is 1. The van der Waals surface area contributed by atoms with E-state index < -0.39 is 0 Å². The highest BCUT2D eigenvalue weighted by Crippen LogP contribution is 2.36. The first kappa shape index (κ1) is 24.7. The molecule has 1 amide bonds. The van der Waals surface area contributed by atoms with Gasteiger partial charge in [0.15, 0.2) is 0 Å². The highest BCUT2D eigenvalue weighted by atomic mass is 16.5. The minimum atomic E-state index is -0.164. The van der Waals surface area contributed by atoms with Crippen LogP contribution in [0, 0.1) is 5.92 Å². The van der Waals surface area contributed by atoms with E-state index >= 15 is 0 Å². The third-order valence-corrected chi connectivity index (χ3v) is 7.79. The fourth-order valence-corrected chi connectivity index (χ4v) is 5.64. The van der Waals surface area contributed by atoms with Crippen LogP contribution in [0.15, 0.2) is 59.5 Å². The number of carbonyl (C=O) groups excluding carboxylic acids is 1. The molecule has 0 radical (unpaired) electrons. The first-order valence-corrected chi connectivity index (χ1v) is 13.2. The van der Waals surface area contributed by atoms with Gasteiger partial charge in [0.2, 0.25) is 5.91 Å². The molecule has 2 aromatic carbocycles. The molecule has 1 aliphatic carbocycles. The second-order valence-electron chi connectivity index (χ2n) is 10.4. The van der Waals surface area contributed by atoms with Crippen LogP contribution in [-0.4, -0.2) is 48.2 Å². The second kappa shape index (κ2) is 11.0. The molecule has 2 heterocycles. The molecule has 36 heavy (non-hydrogen) atoms. The molecule has 6 heteroatoms. The van der Waals surface area contributed by atoms with Gasteiger partial charge in [0.25, 0.3) is 5.56 Å². The van der Waals surface area contributed by atoms with Crippen molar-refractivity contribution in [2.45, 2.75) is 50.6 Å². The SMILES string of the molecule is COCCCc1cc(CN(C(=O)C2CNCCC2c2ccn(C)c(=O)c2)C2CC2)c2ccccc2c1. The van der Waals surface area contributed by atoms with Crippen molar-refractivity contribution in [3.63, 3.8) is 0 Å². The smallest absolute Gasteiger partial charge is 0.250 e. The van der Waals surface area contributed by atoms with E-state index in [-0.39, 0.29) is 23.3 Å². The molecule has 1 saturated heterocycles. The maximum Gasteiger partial charge on any atom is 0.250 e. The van der Waals surface area contributed by atoms with E-state index in [9.17, 15) is 9.59 Å². The zero-order valence-corrected chi connectivity index (χ0v) is 21.4. The van der Waals surface area contributed by atoms with Crippen LogP contribution in [-0.2, 0) is 29.5 Å². The molecule has 1 N–H and O–H groups in total. The average molecular weight is 488 g/mol. The topological polar surface area (TPSA) is 63.6 Å². The molecule has 2 unspecified atom stereocenters. The summed E-state index contributed by atoms with van der Waals surface area (Å²) in [5, 5.41) is 5.89. The number of fused-ring (bicyclic) bond motifs is 1. The highest BCUT2D eigenvalue weighted by Gasteiger charge is 2.40. The first-order valence-electron chi connectivity index (χ1n) is 13.2. The lowest BCUT2D eigenvalue weighted by atomic mass is 9.80. The largest absolute Gasteiger partial charge is 0.385 e. The number of hydrogen-bond acceptors (Lipinski definition) is 4. The number of hydrogen-bond donors (Lipinski definition) is 1. The van der Waals surface area contributed by atoms with Crippen LogP contribution in [0.5, 0.6) is 0 Å². The Labute approximate surface area is 213 Å². The van der Waals surface area contributed by atoms with Gasteiger partial charge in [-0.25, -0.2) is 0 Å². The van der Waals surface area contributed by atoms with Gasteiger partial charge in [0, 0.05) is 52.2 Å². The second-order valence-corrected chi connectivity index (χ2v) is 10.4. The summed E-state index contributed by atoms with van der Waals surface area (Å²) in [6.45, 7) is 2.89. The molecule has 0 spiro atoms. The van der Waals surface area contributed by atoms with Gasteiger partial charge in [-0.2, -0.15) is 0 Å². The third-order valence-electron chi connectivity index (χ3n) is 7.79. The molecular formula is C30H37N3O3. The summed E-state index contributed by atoms with van der Waals surface area (Å²) in [7, 11) is 3.51. The Morgan fingerprint density at radius 1 is 1.14 bits per heavy atom. The van der Waals surface area contributed by atoms with E-state index in [1.54, 1.807) is 24.8 Å². The van der Waals surface area contributed by atoms with Gasteiger partial charge in [-0.3, -0.25) is 9.59 Å². The lowest BCUT2D eigenvalue weighted by Gasteiger charge is -2.36. The van der Waals surface area contributed by atoms with Gasteiger partial charge in [0.05, 0.1) is 5.92 Å². The molecule has 3 aromatic rings. The van der Waals surface area contributed by atoms with Gasteiger partial charge in [-0.1, -0.05) is 36.4 Å². The third kappa shape index (κ3) is 5.40. The van der Waals surface area contributed by atoms with E-state index in [4.69, 9.17) is 4.74 Å². The van der Waals surface area contributed by atoms with Gasteiger partial charge in [-0.05, 0) is 78.1 Å². The van der Waals surface area contributed by atoms with Crippen molar-refractivity contribution in [3.05, 3.63) is 81.8 Å². The Morgan fingerprint density at radius 3 is 2.75 bits per heavy atom. The number of carbonyl (C=O) groups is 1. The van der Waals surface area contributed by atoms with Gasteiger partial charge in [0.1, 0.15) is 0 Å². The molecule has 1 aliphatic heterocycles. The van der Waals surface area contributed by atoms with Crippen LogP contribution in [0.3, 0.4) is 0 Å². The zero-order chi connectivity index (χ0) is 25.1. The van der Waals surface area contributed by atoms with E-state index in [1.807, 2.05) is 12.3 Å². The number of nitrogens with zero attached hydrogens (tertiary/aromatic N) is 2. The standard InChI is InChI=1S/C30H37N3O3/c1-32-14-12-23(18-29(32)34)27-11-13-31-19-28(27)30(35)33(25-9-10-25)20-24-17-21(6-5-15-36-2)16-22-7-3-4-8-26(22)24/h3-4,7-8,12,14,16-18,25,27-28,31H,5-6,9-11,13,15,19-20H2,1-2H3. The number of rotatable bonds is 9. The van der Waals surface area contributed by atoms with Crippen LogP contribution >= 0.6 is 0 Å². The van der Waals surface area contributed by atoms with Gasteiger partial charge < -0.3 is 19.5 Å². The molecule has 2 atom stereocenters. The molecule has 0 bridgehead atoms. The summed E-state index contributed by atoms with van der Waals surface area (Å²) in [5.74, 6) is 0.109. The summed E-state index contributed by atoms with van der Waals surface area (Å²) in [6.07, 6.45) is 6.75. The number of ether oxygens (including phenoxy) is 1. The predicted octanol–water partition coefficient (Wildman–Crippen LogP) is 4.00. The van der Waals surface area contributed by atoms with Crippen LogP contribution < -0.4 is 10.9 Å². The Balaban J connectivity index is 1.44. The fraction of sp³-hybridized carbons (Fsp3) is 0.467. The molecule has 190 valence electrons. The summed E-state index contributed by atoms with van der Waals surface area (Å²) < 4.78 is 6.85. The summed E-state index contributed by atoms with van der Waals surface area (Å²) in [5.41, 5.74) is 3.48. The van der Waals surface area contributed by atoms with Crippen molar-refractivity contribution < 1.29 is 9.53 Å². The lowest BCUT2D eigenvalue weighted by Crippen LogP contribution is -2.47. The maximum atomic E-state index is 14.1. The predicted molar refractivity (Wildman–Crippen MR) is 143 cm³/mol. The van der Waals surface area contributed by atoms with Crippen LogP contribution in [0.4, 0.5) is 0 Å². The minimum Gasteiger partial charge on any atom is -0.385 e. The molecule has 2 aliphatic rings. The van der Waals surface area contributed by atoms with Crippen LogP contribution in [0.1, 0.15) is 48.3 Å². The summed E-state index contributed by atoms with van der Waals surface area (Å²) in [4.78, 5) is 28.6. The van der Waals surface area contributed by atoms with Crippen molar-refractivity contribution in [1.82, 2.24) is 14.8 Å². The molecule has 2 fully saturated rings. The molecule has 5 rings (SSSR count). The average Bonchev–Trinajstić information content (AvgIpc) is 3.74. The first-order chi connectivity index (χ1) is 17.5. The Hall–Kier alpha value is -2.96. The van der Waals surface area contributed by atoms with Crippen molar-refractivity contribution in [2.24, 2.45) is 13.0 Å². The Morgan fingerprint density at radius 2 is 1.97 bits per heavy atom. The number of methoxy groups -OCH3 is 1. The van der Waals surface area contributed by atoms with E-state index in [0.717, 1.165) is 50.8 Å². The van der Waals surface area contributed by atoms with Crippen molar-refractivity contribution in [1.29, 1.82) is 0 Å². The number of pyridine rings is 1. The maximum absolute atomic E-state index is 14.1. The van der Waals surface area contributed by atoms with Crippen molar-refractivity contribution >= 4 is 16.7 Å². The minimum absolute atomic E-state index is 0.0203. The number of amides is 1. The van der Waals surface area contributed by atoms with Crippen LogP contribution in [0.2, 0.25) is 0 Å². The highest BCUT2D eigenvalue weighted by molar-refractivity contribution is 5.87. The number of nitrogens with one attached hydrogen (secondary N) is 1. The van der Waals surface area contributed by atoms with Gasteiger partial charge in [-0.15, -0.1) is 0 Å². The van der Waals surface area contributed by atoms with Crippen molar-refractivity contribution in [3.8, 4) is 0 Å². The fourth-order valence-electron chi connectivity index (χ4n) is 5.64. The Kier molecular flexibility index (Phi) is 7.54. The number of aryl methyl sites for hydroxylation is 2. The number of benzene rings is 2. The monoisotopic (exact) mass is 487 g/mol. The molecule has 6 nitrogen and oxygen atoms in total. The van der Waals surface area contributed by atoms with Crippen LogP contribution in [0.25, 0.3) is 10.8 Å². The molecule has 1 saturated carbocycles. The molecular weight excluding hydrogens is 450 g/mol. The number of piperidine rings is 1. The quantitative estimate of drug-likeness (QED) is 0.464. The molecule has 1 aromatic heterocycles. The van der Waals surface area contributed by atoms with E-state index in [0.29, 0.717) is 19.1 Å². The summed E-state index contributed by atoms with van der Waals surface area (Å²) >= 11 is 0. The normalized spacial score (nSPS) is 19.9.